The molecular formula is C15H24N2O3S. The molecule has 0 saturated heterocycles. The zero-order valence-electron chi connectivity index (χ0n) is 12.8. The molecule has 21 heavy (non-hydrogen) atoms. The van der Waals surface area contributed by atoms with E-state index in [0.717, 1.165) is 0 Å². The molecule has 0 aliphatic heterocycles. The van der Waals surface area contributed by atoms with E-state index >= 15 is 0 Å². The summed E-state index contributed by atoms with van der Waals surface area (Å²) in [4.78, 5) is 11.9. The third-order valence-corrected chi connectivity index (χ3v) is 4.81. The summed E-state index contributed by atoms with van der Waals surface area (Å²) >= 11 is 0. The molecule has 1 aromatic carbocycles. The largest absolute Gasteiger partial charge is 0.375 e. The predicted octanol–water partition coefficient (Wildman–Crippen LogP) is 2.05. The van der Waals surface area contributed by atoms with Gasteiger partial charge in [0.2, 0.25) is 5.91 Å². The van der Waals surface area contributed by atoms with Crippen molar-refractivity contribution in [2.45, 2.75) is 32.1 Å². The van der Waals surface area contributed by atoms with Gasteiger partial charge in [-0.15, -0.1) is 0 Å². The van der Waals surface area contributed by atoms with Crippen molar-refractivity contribution in [3.8, 4) is 0 Å². The molecule has 5 nitrogen and oxygen atoms in total. The molecule has 1 amide bonds. The number of anilines is 1. The fourth-order valence-corrected chi connectivity index (χ4v) is 3.34. The number of benzene rings is 1. The summed E-state index contributed by atoms with van der Waals surface area (Å²) in [7, 11) is -3.31. The molecule has 0 bridgehead atoms. The topological polar surface area (TPSA) is 75.3 Å². The Bertz CT molecular complexity index is 568. The highest BCUT2D eigenvalue weighted by molar-refractivity contribution is 7.91. The molecule has 0 aliphatic carbocycles. The summed E-state index contributed by atoms with van der Waals surface area (Å²) in [5.74, 6) is 0.336. The van der Waals surface area contributed by atoms with Gasteiger partial charge in [0.25, 0.3) is 0 Å². The van der Waals surface area contributed by atoms with Crippen LogP contribution in [0, 0.1) is 5.92 Å². The molecule has 6 heteroatoms. The van der Waals surface area contributed by atoms with Crippen molar-refractivity contribution in [3.05, 3.63) is 24.3 Å². The van der Waals surface area contributed by atoms with Crippen LogP contribution in [0.3, 0.4) is 0 Å². The van der Waals surface area contributed by atoms with Crippen LogP contribution in [0.25, 0.3) is 0 Å². The number of carbonyl (C=O) groups excluding carboxylic acids is 1. The van der Waals surface area contributed by atoms with Crippen LogP contribution in [0.15, 0.2) is 29.2 Å². The highest BCUT2D eigenvalue weighted by Crippen LogP contribution is 2.22. The Hall–Kier alpha value is -1.56. The normalized spacial score (nSPS) is 11.4. The van der Waals surface area contributed by atoms with Gasteiger partial charge in [-0.05, 0) is 24.5 Å². The van der Waals surface area contributed by atoms with E-state index in [4.69, 9.17) is 0 Å². The highest BCUT2D eigenvalue weighted by atomic mass is 32.2. The van der Waals surface area contributed by atoms with Crippen LogP contribution in [0.4, 0.5) is 5.69 Å². The summed E-state index contributed by atoms with van der Waals surface area (Å²) in [6, 6.07) is 6.68. The summed E-state index contributed by atoms with van der Waals surface area (Å²) in [6.07, 6.45) is 0.561. The molecule has 0 heterocycles. The first-order valence-electron chi connectivity index (χ1n) is 7.19. The van der Waals surface area contributed by atoms with E-state index in [1.807, 2.05) is 20.8 Å². The number of sulfone groups is 1. The van der Waals surface area contributed by atoms with Gasteiger partial charge in [0.15, 0.2) is 9.84 Å². The van der Waals surface area contributed by atoms with E-state index in [-0.39, 0.29) is 23.1 Å². The molecule has 0 aromatic heterocycles. The van der Waals surface area contributed by atoms with Crippen molar-refractivity contribution in [2.75, 3.05) is 24.2 Å². The van der Waals surface area contributed by atoms with Crippen LogP contribution in [-0.2, 0) is 14.6 Å². The summed E-state index contributed by atoms with van der Waals surface area (Å²) in [6.45, 7) is 6.52. The maximum atomic E-state index is 12.2. The fourth-order valence-electron chi connectivity index (χ4n) is 1.82. The van der Waals surface area contributed by atoms with E-state index in [2.05, 4.69) is 10.6 Å². The third kappa shape index (κ3) is 5.75. The molecule has 1 rings (SSSR count). The number of para-hydroxylation sites is 1. The van der Waals surface area contributed by atoms with Gasteiger partial charge >= 0.3 is 0 Å². The molecular weight excluding hydrogens is 288 g/mol. The van der Waals surface area contributed by atoms with Crippen LogP contribution in [0.5, 0.6) is 0 Å². The Kier molecular flexibility index (Phi) is 6.68. The summed E-state index contributed by atoms with van der Waals surface area (Å²) in [5, 5.41) is 5.69. The lowest BCUT2D eigenvalue weighted by Gasteiger charge is -2.13. The Morgan fingerprint density at radius 1 is 1.24 bits per heavy atom. The Labute approximate surface area is 127 Å². The first kappa shape index (κ1) is 17.5. The van der Waals surface area contributed by atoms with Gasteiger partial charge in [0, 0.05) is 6.54 Å². The number of nitrogens with one attached hydrogen (secondary N) is 2. The second-order valence-electron chi connectivity index (χ2n) is 5.37. The minimum Gasteiger partial charge on any atom is -0.375 e. The molecule has 2 N–H and O–H groups in total. The first-order chi connectivity index (χ1) is 9.86. The standard InChI is InChI=1S/C15H24N2O3S/c1-4-9-21(19,20)14-8-6-5-7-13(14)16-11-15(18)17-10-12(2)3/h5-8,12,16H,4,9-11H2,1-3H3,(H,17,18). The number of amides is 1. The van der Waals surface area contributed by atoms with Crippen LogP contribution in [0.2, 0.25) is 0 Å². The molecule has 118 valence electrons. The molecule has 0 unspecified atom stereocenters. The zero-order valence-corrected chi connectivity index (χ0v) is 13.7. The second kappa shape index (κ2) is 8.02. The van der Waals surface area contributed by atoms with Crippen molar-refractivity contribution in [2.24, 2.45) is 5.92 Å². The lowest BCUT2D eigenvalue weighted by molar-refractivity contribution is -0.119. The van der Waals surface area contributed by atoms with Crippen LogP contribution >= 0.6 is 0 Å². The Balaban J connectivity index is 2.74. The first-order valence-corrected chi connectivity index (χ1v) is 8.84. The Morgan fingerprint density at radius 3 is 2.52 bits per heavy atom. The molecule has 1 aromatic rings. The average molecular weight is 312 g/mol. The van der Waals surface area contributed by atoms with Gasteiger partial charge in [-0.25, -0.2) is 8.42 Å². The lowest BCUT2D eigenvalue weighted by Crippen LogP contribution is -2.32. The van der Waals surface area contributed by atoms with E-state index in [1.54, 1.807) is 24.3 Å². The second-order valence-corrected chi connectivity index (χ2v) is 7.44. The zero-order chi connectivity index (χ0) is 15.9. The van der Waals surface area contributed by atoms with Crippen LogP contribution < -0.4 is 10.6 Å². The molecule has 0 spiro atoms. The van der Waals surface area contributed by atoms with Crippen molar-refractivity contribution in [1.29, 1.82) is 0 Å². The number of hydrogen-bond acceptors (Lipinski definition) is 4. The molecule has 0 radical (unpaired) electrons. The quantitative estimate of drug-likeness (QED) is 0.770. The van der Waals surface area contributed by atoms with Gasteiger partial charge in [-0.3, -0.25) is 4.79 Å². The fraction of sp³-hybridized carbons (Fsp3) is 0.533. The van der Waals surface area contributed by atoms with Gasteiger partial charge < -0.3 is 10.6 Å². The summed E-state index contributed by atoms with van der Waals surface area (Å²) in [5.41, 5.74) is 0.477. The Morgan fingerprint density at radius 2 is 1.90 bits per heavy atom. The van der Waals surface area contributed by atoms with E-state index < -0.39 is 9.84 Å². The van der Waals surface area contributed by atoms with Crippen LogP contribution in [-0.4, -0.2) is 33.2 Å². The van der Waals surface area contributed by atoms with E-state index in [9.17, 15) is 13.2 Å². The predicted molar refractivity (Wildman–Crippen MR) is 85.1 cm³/mol. The maximum Gasteiger partial charge on any atom is 0.239 e. The van der Waals surface area contributed by atoms with Crippen molar-refractivity contribution >= 4 is 21.4 Å². The SMILES string of the molecule is CCCS(=O)(=O)c1ccccc1NCC(=O)NCC(C)C. The number of carbonyl (C=O) groups is 1. The average Bonchev–Trinajstić information content (AvgIpc) is 2.43. The van der Waals surface area contributed by atoms with Crippen molar-refractivity contribution < 1.29 is 13.2 Å². The van der Waals surface area contributed by atoms with E-state index in [1.165, 1.54) is 0 Å². The van der Waals surface area contributed by atoms with Gasteiger partial charge in [0.1, 0.15) is 0 Å². The lowest BCUT2D eigenvalue weighted by atomic mass is 10.2. The molecule has 0 saturated carbocycles. The number of rotatable bonds is 8. The maximum absolute atomic E-state index is 12.2. The smallest absolute Gasteiger partial charge is 0.239 e. The van der Waals surface area contributed by atoms with Gasteiger partial charge in [0.05, 0.1) is 22.9 Å². The van der Waals surface area contributed by atoms with Crippen LogP contribution in [0.1, 0.15) is 27.2 Å². The van der Waals surface area contributed by atoms with Gasteiger partial charge in [-0.1, -0.05) is 32.9 Å². The van der Waals surface area contributed by atoms with Crippen molar-refractivity contribution in [1.82, 2.24) is 5.32 Å². The molecule has 0 aliphatic rings. The highest BCUT2D eigenvalue weighted by Gasteiger charge is 2.17. The van der Waals surface area contributed by atoms with E-state index in [0.29, 0.717) is 24.6 Å². The molecule has 0 atom stereocenters. The van der Waals surface area contributed by atoms with Gasteiger partial charge in [-0.2, -0.15) is 0 Å². The minimum atomic E-state index is -3.31. The number of hydrogen-bond donors (Lipinski definition) is 2. The summed E-state index contributed by atoms with van der Waals surface area (Å²) < 4.78 is 24.3. The monoisotopic (exact) mass is 312 g/mol. The van der Waals surface area contributed by atoms with Crippen molar-refractivity contribution in [3.63, 3.8) is 0 Å². The molecule has 0 fully saturated rings. The minimum absolute atomic E-state index is 0.0609. The third-order valence-electron chi connectivity index (χ3n) is 2.84.